The quantitative estimate of drug-likeness (QED) is 0.713. The Bertz CT molecular complexity index is 881. The van der Waals surface area contributed by atoms with Crippen LogP contribution in [0.25, 0.3) is 11.4 Å². The third-order valence-corrected chi connectivity index (χ3v) is 4.18. The Hall–Kier alpha value is -2.61. The van der Waals surface area contributed by atoms with Crippen molar-refractivity contribution >= 4 is 11.5 Å². The Morgan fingerprint density at radius 1 is 1.22 bits per heavy atom. The van der Waals surface area contributed by atoms with Gasteiger partial charge in [0.1, 0.15) is 0 Å². The molecule has 8 heteroatoms. The highest BCUT2D eigenvalue weighted by molar-refractivity contribution is 7.05. The van der Waals surface area contributed by atoms with Crippen molar-refractivity contribution in [3.05, 3.63) is 45.4 Å². The second-order valence-corrected chi connectivity index (χ2v) is 5.75. The summed E-state index contributed by atoms with van der Waals surface area (Å²) in [7, 11) is 3.12. The highest BCUT2D eigenvalue weighted by Crippen LogP contribution is 2.31. The molecule has 120 valence electrons. The second-order valence-electron chi connectivity index (χ2n) is 4.86. The summed E-state index contributed by atoms with van der Waals surface area (Å²) in [6, 6.07) is 7.24. The molecule has 7 nitrogen and oxygen atoms in total. The van der Waals surface area contributed by atoms with Gasteiger partial charge in [0.25, 0.3) is 0 Å². The van der Waals surface area contributed by atoms with Crippen molar-refractivity contribution in [3.63, 3.8) is 0 Å². The van der Waals surface area contributed by atoms with E-state index in [2.05, 4.69) is 9.53 Å². The maximum Gasteiger partial charge on any atom is 0.442 e. The van der Waals surface area contributed by atoms with Crippen molar-refractivity contribution < 1.29 is 14.0 Å². The van der Waals surface area contributed by atoms with Gasteiger partial charge in [-0.3, -0.25) is 9.09 Å². The zero-order chi connectivity index (χ0) is 16.4. The van der Waals surface area contributed by atoms with Crippen LogP contribution in [0.4, 0.5) is 0 Å². The first kappa shape index (κ1) is 15.3. The molecule has 0 fully saturated rings. The normalized spacial score (nSPS) is 10.7. The van der Waals surface area contributed by atoms with E-state index in [0.717, 1.165) is 10.6 Å². The zero-order valence-corrected chi connectivity index (χ0v) is 13.7. The van der Waals surface area contributed by atoms with Crippen molar-refractivity contribution in [1.82, 2.24) is 14.1 Å². The Morgan fingerprint density at radius 3 is 2.65 bits per heavy atom. The van der Waals surface area contributed by atoms with E-state index < -0.39 is 5.76 Å². The first-order valence-corrected chi connectivity index (χ1v) is 7.61. The monoisotopic (exact) mass is 333 g/mol. The molecule has 2 aromatic heterocycles. The van der Waals surface area contributed by atoms with Gasteiger partial charge in [-0.25, -0.2) is 4.79 Å². The predicted molar refractivity (Wildman–Crippen MR) is 85.3 cm³/mol. The lowest BCUT2D eigenvalue weighted by molar-refractivity contribution is 0.355. The minimum Gasteiger partial charge on any atom is -0.493 e. The van der Waals surface area contributed by atoms with E-state index >= 15 is 0 Å². The van der Waals surface area contributed by atoms with Crippen molar-refractivity contribution in [2.75, 3.05) is 14.2 Å². The first-order valence-electron chi connectivity index (χ1n) is 6.83. The first-order chi connectivity index (χ1) is 11.1. The Labute approximate surface area is 136 Å². The van der Waals surface area contributed by atoms with Crippen molar-refractivity contribution in [2.24, 2.45) is 0 Å². The van der Waals surface area contributed by atoms with E-state index in [1.165, 1.54) is 16.1 Å². The lowest BCUT2D eigenvalue weighted by atomic mass is 10.2. The SMILES string of the molecule is COc1ccc(-c2noc(=O)n2Cc2cc(C)ns2)cc1OC. The Balaban J connectivity index is 2.02. The van der Waals surface area contributed by atoms with E-state index in [-0.39, 0.29) is 0 Å². The van der Waals surface area contributed by atoms with Gasteiger partial charge in [-0.1, -0.05) is 5.16 Å². The van der Waals surface area contributed by atoms with E-state index in [0.29, 0.717) is 29.4 Å². The number of aromatic nitrogens is 3. The molecule has 3 rings (SSSR count). The summed E-state index contributed by atoms with van der Waals surface area (Å²) >= 11 is 1.35. The van der Waals surface area contributed by atoms with Gasteiger partial charge in [-0.15, -0.1) is 0 Å². The van der Waals surface area contributed by atoms with Crippen LogP contribution in [0.1, 0.15) is 10.6 Å². The molecule has 0 unspecified atom stereocenters. The van der Waals surface area contributed by atoms with Crippen LogP contribution >= 0.6 is 11.5 Å². The van der Waals surface area contributed by atoms with E-state index in [4.69, 9.17) is 14.0 Å². The molecule has 3 aromatic rings. The molecule has 0 bridgehead atoms. The van der Waals surface area contributed by atoms with Crippen LogP contribution in [-0.4, -0.2) is 28.3 Å². The molecule has 2 heterocycles. The fraction of sp³-hybridized carbons (Fsp3) is 0.267. The summed E-state index contributed by atoms with van der Waals surface area (Å²) in [6.07, 6.45) is 0. The van der Waals surface area contributed by atoms with Crippen molar-refractivity contribution in [1.29, 1.82) is 0 Å². The molecular formula is C15H15N3O4S. The molecule has 0 aliphatic rings. The van der Waals surface area contributed by atoms with Gasteiger partial charge < -0.3 is 9.47 Å². The largest absolute Gasteiger partial charge is 0.493 e. The molecule has 23 heavy (non-hydrogen) atoms. The van der Waals surface area contributed by atoms with Crippen molar-refractivity contribution in [2.45, 2.75) is 13.5 Å². The molecule has 0 saturated heterocycles. The van der Waals surface area contributed by atoms with Gasteiger partial charge in [-0.05, 0) is 42.7 Å². The lowest BCUT2D eigenvalue weighted by Crippen LogP contribution is -2.15. The molecule has 1 aromatic carbocycles. The number of hydrogen-bond acceptors (Lipinski definition) is 7. The highest BCUT2D eigenvalue weighted by Gasteiger charge is 2.16. The average Bonchev–Trinajstić information content (AvgIpc) is 3.13. The fourth-order valence-electron chi connectivity index (χ4n) is 2.24. The molecule has 0 radical (unpaired) electrons. The van der Waals surface area contributed by atoms with Gasteiger partial charge in [0.15, 0.2) is 17.3 Å². The lowest BCUT2D eigenvalue weighted by Gasteiger charge is -2.09. The number of hydrogen-bond donors (Lipinski definition) is 0. The van der Waals surface area contributed by atoms with Crippen LogP contribution in [0.15, 0.2) is 33.6 Å². The third kappa shape index (κ3) is 2.98. The van der Waals surface area contributed by atoms with Crippen LogP contribution in [0.3, 0.4) is 0 Å². The number of nitrogens with zero attached hydrogens (tertiary/aromatic N) is 3. The molecule has 0 saturated carbocycles. The van der Waals surface area contributed by atoms with Crippen molar-refractivity contribution in [3.8, 4) is 22.9 Å². The predicted octanol–water partition coefficient (Wildman–Crippen LogP) is 2.33. The van der Waals surface area contributed by atoms with E-state index in [9.17, 15) is 4.79 Å². The number of ether oxygens (including phenoxy) is 2. The second kappa shape index (κ2) is 6.25. The van der Waals surface area contributed by atoms with E-state index in [1.54, 1.807) is 32.4 Å². The molecule has 0 aliphatic heterocycles. The highest BCUT2D eigenvalue weighted by atomic mass is 32.1. The number of aryl methyl sites for hydroxylation is 1. The molecule has 0 amide bonds. The van der Waals surface area contributed by atoms with Gasteiger partial charge in [0.05, 0.1) is 26.5 Å². The number of methoxy groups -OCH3 is 2. The maximum absolute atomic E-state index is 12.0. The molecule has 0 atom stereocenters. The summed E-state index contributed by atoms with van der Waals surface area (Å²) in [5.41, 5.74) is 1.62. The summed E-state index contributed by atoms with van der Waals surface area (Å²) in [4.78, 5) is 12.9. The standard InChI is InChI=1S/C15H15N3O4S/c1-9-6-11(23-17-9)8-18-14(16-22-15(18)19)10-4-5-12(20-2)13(7-10)21-3/h4-7H,8H2,1-3H3. The fourth-order valence-corrected chi connectivity index (χ4v) is 2.96. The Kier molecular flexibility index (Phi) is 4.16. The number of benzene rings is 1. The average molecular weight is 333 g/mol. The van der Waals surface area contributed by atoms with E-state index in [1.807, 2.05) is 13.0 Å². The minimum atomic E-state index is -0.513. The number of rotatable bonds is 5. The van der Waals surface area contributed by atoms with Crippen LogP contribution in [0.5, 0.6) is 11.5 Å². The van der Waals surface area contributed by atoms with Crippen LogP contribution < -0.4 is 15.2 Å². The molecule has 0 aliphatic carbocycles. The Morgan fingerprint density at radius 2 is 2.00 bits per heavy atom. The molecule has 0 spiro atoms. The van der Waals surface area contributed by atoms with Crippen LogP contribution in [0.2, 0.25) is 0 Å². The summed E-state index contributed by atoms with van der Waals surface area (Å²) < 4.78 is 21.0. The minimum absolute atomic E-state index is 0.359. The molecular weight excluding hydrogens is 318 g/mol. The topological polar surface area (TPSA) is 79.4 Å². The van der Waals surface area contributed by atoms with Gasteiger partial charge in [0.2, 0.25) is 0 Å². The molecule has 0 N–H and O–H groups in total. The smallest absolute Gasteiger partial charge is 0.442 e. The van der Waals surface area contributed by atoms with Crippen LogP contribution in [0, 0.1) is 6.92 Å². The summed E-state index contributed by atoms with van der Waals surface area (Å²) in [6.45, 7) is 2.27. The van der Waals surface area contributed by atoms with Gasteiger partial charge >= 0.3 is 5.76 Å². The van der Waals surface area contributed by atoms with Gasteiger partial charge in [-0.2, -0.15) is 4.37 Å². The summed E-state index contributed by atoms with van der Waals surface area (Å²) in [5, 5.41) is 3.88. The zero-order valence-electron chi connectivity index (χ0n) is 12.9. The van der Waals surface area contributed by atoms with Crippen LogP contribution in [-0.2, 0) is 6.54 Å². The van der Waals surface area contributed by atoms with Gasteiger partial charge in [0, 0.05) is 10.4 Å². The third-order valence-electron chi connectivity index (χ3n) is 3.32. The maximum atomic E-state index is 12.0. The summed E-state index contributed by atoms with van der Waals surface area (Å²) in [5.74, 6) is 1.08.